The van der Waals surface area contributed by atoms with E-state index < -0.39 is 5.82 Å². The van der Waals surface area contributed by atoms with Crippen LogP contribution in [0.5, 0.6) is 0 Å². The number of amides is 1. The van der Waals surface area contributed by atoms with Crippen LogP contribution < -0.4 is 5.32 Å². The lowest BCUT2D eigenvalue weighted by Crippen LogP contribution is -2.33. The van der Waals surface area contributed by atoms with Gasteiger partial charge in [-0.15, -0.1) is 0 Å². The minimum Gasteiger partial charge on any atom is -0.349 e. The summed E-state index contributed by atoms with van der Waals surface area (Å²) >= 11 is 3.08. The summed E-state index contributed by atoms with van der Waals surface area (Å²) in [4.78, 5) is 11.9. The summed E-state index contributed by atoms with van der Waals surface area (Å²) in [5.41, 5.74) is 0.0840. The summed E-state index contributed by atoms with van der Waals surface area (Å²) in [6.07, 6.45) is 1.95. The molecule has 0 aliphatic carbocycles. The molecule has 0 saturated carbocycles. The van der Waals surface area contributed by atoms with Crippen LogP contribution >= 0.6 is 15.9 Å². The average Bonchev–Trinajstić information content (AvgIpc) is 2.30. The number of carbonyl (C=O) groups excluding carboxylic acids is 1. The highest BCUT2D eigenvalue weighted by molar-refractivity contribution is 9.10. The molecule has 0 aromatic heterocycles. The van der Waals surface area contributed by atoms with Crippen molar-refractivity contribution >= 4 is 21.8 Å². The van der Waals surface area contributed by atoms with Crippen LogP contribution in [0.3, 0.4) is 0 Å². The Morgan fingerprint density at radius 2 is 2.00 bits per heavy atom. The molecule has 0 spiro atoms. The van der Waals surface area contributed by atoms with Gasteiger partial charge in [-0.2, -0.15) is 0 Å². The lowest BCUT2D eigenvalue weighted by atomic mass is 10.0. The minimum atomic E-state index is -0.508. The van der Waals surface area contributed by atoms with Crippen LogP contribution in [0, 0.1) is 11.7 Å². The molecule has 0 aliphatic heterocycles. The van der Waals surface area contributed by atoms with E-state index in [9.17, 15) is 9.18 Å². The zero-order valence-electron chi connectivity index (χ0n) is 11.0. The standard InChI is InChI=1S/C14H19BrFNO/c1-9(2)7-8-10(3)17-14(18)11-5-4-6-12(15)13(11)16/h4-6,9-10H,7-8H2,1-3H3,(H,17,18). The van der Waals surface area contributed by atoms with E-state index in [0.29, 0.717) is 10.4 Å². The van der Waals surface area contributed by atoms with E-state index in [1.165, 1.54) is 6.07 Å². The van der Waals surface area contributed by atoms with Gasteiger partial charge in [0.1, 0.15) is 5.82 Å². The Morgan fingerprint density at radius 3 is 2.61 bits per heavy atom. The van der Waals surface area contributed by atoms with Gasteiger partial charge in [-0.25, -0.2) is 4.39 Å². The van der Waals surface area contributed by atoms with Crippen LogP contribution in [-0.2, 0) is 0 Å². The van der Waals surface area contributed by atoms with E-state index in [4.69, 9.17) is 0 Å². The first-order valence-corrected chi connectivity index (χ1v) is 6.96. The van der Waals surface area contributed by atoms with Gasteiger partial charge in [-0.3, -0.25) is 4.79 Å². The van der Waals surface area contributed by atoms with Crippen molar-refractivity contribution in [1.29, 1.82) is 0 Å². The Kier molecular flexibility index (Phi) is 5.79. The van der Waals surface area contributed by atoms with Crippen molar-refractivity contribution in [3.05, 3.63) is 34.1 Å². The van der Waals surface area contributed by atoms with Gasteiger partial charge in [0, 0.05) is 6.04 Å². The first kappa shape index (κ1) is 15.2. The highest BCUT2D eigenvalue weighted by atomic mass is 79.9. The van der Waals surface area contributed by atoms with Crippen LogP contribution in [0.1, 0.15) is 44.0 Å². The topological polar surface area (TPSA) is 29.1 Å². The fourth-order valence-corrected chi connectivity index (χ4v) is 2.00. The third kappa shape index (κ3) is 4.41. The molecule has 0 heterocycles. The molecule has 1 rings (SSSR count). The van der Waals surface area contributed by atoms with Gasteiger partial charge in [0.25, 0.3) is 5.91 Å². The SMILES string of the molecule is CC(C)CCC(C)NC(=O)c1cccc(Br)c1F. The largest absolute Gasteiger partial charge is 0.349 e. The second-order valence-corrected chi connectivity index (χ2v) is 5.80. The first-order valence-electron chi connectivity index (χ1n) is 6.16. The predicted molar refractivity (Wildman–Crippen MR) is 75.1 cm³/mol. The summed E-state index contributed by atoms with van der Waals surface area (Å²) in [6, 6.07) is 4.78. The van der Waals surface area contributed by atoms with E-state index in [1.807, 2.05) is 6.92 Å². The van der Waals surface area contributed by atoms with Crippen molar-refractivity contribution in [2.45, 2.75) is 39.7 Å². The number of nitrogens with one attached hydrogen (secondary N) is 1. The first-order chi connectivity index (χ1) is 8.41. The van der Waals surface area contributed by atoms with Gasteiger partial charge >= 0.3 is 0 Å². The summed E-state index contributed by atoms with van der Waals surface area (Å²) < 4.78 is 14.0. The molecule has 1 amide bonds. The third-order valence-electron chi connectivity index (χ3n) is 2.75. The zero-order valence-corrected chi connectivity index (χ0v) is 12.6. The molecule has 0 aliphatic rings. The monoisotopic (exact) mass is 315 g/mol. The highest BCUT2D eigenvalue weighted by Crippen LogP contribution is 2.18. The molecule has 0 saturated heterocycles. The van der Waals surface area contributed by atoms with Crippen molar-refractivity contribution in [2.75, 3.05) is 0 Å². The van der Waals surface area contributed by atoms with E-state index in [1.54, 1.807) is 12.1 Å². The second-order valence-electron chi connectivity index (χ2n) is 4.95. The van der Waals surface area contributed by atoms with Crippen molar-refractivity contribution < 1.29 is 9.18 Å². The molecular weight excluding hydrogens is 297 g/mol. The summed E-state index contributed by atoms with van der Waals surface area (Å²) in [7, 11) is 0. The number of rotatable bonds is 5. The Balaban J connectivity index is 2.62. The number of hydrogen-bond donors (Lipinski definition) is 1. The maximum absolute atomic E-state index is 13.7. The smallest absolute Gasteiger partial charge is 0.254 e. The van der Waals surface area contributed by atoms with Gasteiger partial charge in [0.15, 0.2) is 0 Å². The lowest BCUT2D eigenvalue weighted by molar-refractivity contribution is 0.0933. The molecule has 1 aromatic rings. The predicted octanol–water partition coefficient (Wildman–Crippen LogP) is 4.14. The van der Waals surface area contributed by atoms with E-state index in [-0.39, 0.29) is 17.5 Å². The lowest BCUT2D eigenvalue weighted by Gasteiger charge is -2.15. The molecule has 0 bridgehead atoms. The summed E-state index contributed by atoms with van der Waals surface area (Å²) in [5.74, 6) is -0.261. The van der Waals surface area contributed by atoms with Crippen molar-refractivity contribution in [1.82, 2.24) is 5.32 Å². The van der Waals surface area contributed by atoms with E-state index in [2.05, 4.69) is 35.1 Å². The Morgan fingerprint density at radius 1 is 1.33 bits per heavy atom. The Hall–Kier alpha value is -0.900. The fraction of sp³-hybridized carbons (Fsp3) is 0.500. The molecule has 0 radical (unpaired) electrons. The van der Waals surface area contributed by atoms with Crippen molar-refractivity contribution in [3.63, 3.8) is 0 Å². The van der Waals surface area contributed by atoms with Gasteiger partial charge in [-0.05, 0) is 53.7 Å². The molecule has 18 heavy (non-hydrogen) atoms. The number of benzene rings is 1. The normalized spacial score (nSPS) is 12.6. The zero-order chi connectivity index (χ0) is 13.7. The van der Waals surface area contributed by atoms with Crippen LogP contribution in [0.25, 0.3) is 0 Å². The number of hydrogen-bond acceptors (Lipinski definition) is 1. The molecule has 0 fully saturated rings. The van der Waals surface area contributed by atoms with E-state index >= 15 is 0 Å². The van der Waals surface area contributed by atoms with Gasteiger partial charge in [0.05, 0.1) is 10.0 Å². The third-order valence-corrected chi connectivity index (χ3v) is 3.36. The Labute approximate surface area is 116 Å². The molecule has 1 unspecified atom stereocenters. The molecule has 1 aromatic carbocycles. The molecule has 1 atom stereocenters. The van der Waals surface area contributed by atoms with Gasteiger partial charge < -0.3 is 5.32 Å². The van der Waals surface area contributed by atoms with Crippen LogP contribution in [0.2, 0.25) is 0 Å². The highest BCUT2D eigenvalue weighted by Gasteiger charge is 2.15. The summed E-state index contributed by atoms with van der Waals surface area (Å²) in [5, 5.41) is 2.82. The molecule has 4 heteroatoms. The van der Waals surface area contributed by atoms with Crippen molar-refractivity contribution in [2.24, 2.45) is 5.92 Å². The fourth-order valence-electron chi connectivity index (χ4n) is 1.64. The quantitative estimate of drug-likeness (QED) is 0.869. The second kappa shape index (κ2) is 6.88. The average molecular weight is 316 g/mol. The summed E-state index contributed by atoms with van der Waals surface area (Å²) in [6.45, 7) is 6.22. The van der Waals surface area contributed by atoms with Crippen LogP contribution in [-0.4, -0.2) is 11.9 Å². The molecule has 1 N–H and O–H groups in total. The van der Waals surface area contributed by atoms with E-state index in [0.717, 1.165) is 12.8 Å². The van der Waals surface area contributed by atoms with Crippen molar-refractivity contribution in [3.8, 4) is 0 Å². The minimum absolute atomic E-state index is 0.0540. The molecule has 2 nitrogen and oxygen atoms in total. The molecule has 100 valence electrons. The van der Waals surface area contributed by atoms with Gasteiger partial charge in [-0.1, -0.05) is 19.9 Å². The van der Waals surface area contributed by atoms with Gasteiger partial charge in [0.2, 0.25) is 0 Å². The Bertz CT molecular complexity index is 420. The molecular formula is C14H19BrFNO. The maximum Gasteiger partial charge on any atom is 0.254 e. The van der Waals surface area contributed by atoms with Crippen LogP contribution in [0.4, 0.5) is 4.39 Å². The number of halogens is 2. The number of carbonyl (C=O) groups is 1. The van der Waals surface area contributed by atoms with Crippen LogP contribution in [0.15, 0.2) is 22.7 Å². The maximum atomic E-state index is 13.7.